The van der Waals surface area contributed by atoms with E-state index in [2.05, 4.69) is 36.1 Å². The second-order valence-electron chi connectivity index (χ2n) is 6.22. The van der Waals surface area contributed by atoms with Crippen molar-refractivity contribution in [1.82, 2.24) is 10.2 Å². The molecule has 20 heavy (non-hydrogen) atoms. The van der Waals surface area contributed by atoms with Gasteiger partial charge >= 0.3 is 0 Å². The zero-order chi connectivity index (χ0) is 14.4. The van der Waals surface area contributed by atoms with Gasteiger partial charge in [-0.15, -0.1) is 0 Å². The van der Waals surface area contributed by atoms with Gasteiger partial charge in [-0.2, -0.15) is 0 Å². The van der Waals surface area contributed by atoms with Gasteiger partial charge in [0.2, 0.25) is 0 Å². The summed E-state index contributed by atoms with van der Waals surface area (Å²) < 4.78 is 0. The van der Waals surface area contributed by atoms with Crippen LogP contribution in [0, 0.1) is 5.92 Å². The fourth-order valence-corrected chi connectivity index (χ4v) is 4.76. The number of rotatable bonds is 7. The van der Waals surface area contributed by atoms with Gasteiger partial charge in [0.1, 0.15) is 0 Å². The Balaban J connectivity index is 1.63. The van der Waals surface area contributed by atoms with Gasteiger partial charge in [-0.3, -0.25) is 4.99 Å². The van der Waals surface area contributed by atoms with Gasteiger partial charge in [0, 0.05) is 24.4 Å². The highest BCUT2D eigenvalue weighted by Crippen LogP contribution is 2.30. The minimum absolute atomic E-state index is 0.708. The summed E-state index contributed by atoms with van der Waals surface area (Å²) in [7, 11) is 2.27. The molecule has 0 aromatic rings. The zero-order valence-electron chi connectivity index (χ0n) is 13.4. The Hall–Kier alpha value is -0.220. The summed E-state index contributed by atoms with van der Waals surface area (Å²) in [5.41, 5.74) is 0. The van der Waals surface area contributed by atoms with E-state index in [0.29, 0.717) is 5.25 Å². The summed E-state index contributed by atoms with van der Waals surface area (Å²) in [6.45, 7) is 7.79. The van der Waals surface area contributed by atoms with Gasteiger partial charge in [0.05, 0.1) is 6.54 Å². The molecular weight excluding hydrogens is 266 g/mol. The van der Waals surface area contributed by atoms with Crippen molar-refractivity contribution in [3.63, 3.8) is 0 Å². The molecule has 1 unspecified atom stereocenters. The van der Waals surface area contributed by atoms with E-state index in [-0.39, 0.29) is 0 Å². The number of hydrogen-bond donors (Lipinski definition) is 1. The Morgan fingerprint density at radius 1 is 1.30 bits per heavy atom. The lowest BCUT2D eigenvalue weighted by Crippen LogP contribution is -2.36. The van der Waals surface area contributed by atoms with Crippen molar-refractivity contribution >= 4 is 16.9 Å². The first-order valence-corrected chi connectivity index (χ1v) is 9.27. The van der Waals surface area contributed by atoms with Crippen molar-refractivity contribution in [2.45, 2.75) is 63.7 Å². The number of aliphatic imine (C=N–C) groups is 1. The quantitative estimate of drug-likeness (QED) is 0.781. The predicted octanol–water partition coefficient (Wildman–Crippen LogP) is 3.36. The average Bonchev–Trinajstić information content (AvgIpc) is 3.11. The molecule has 0 radical (unpaired) electrons. The van der Waals surface area contributed by atoms with Crippen molar-refractivity contribution in [2.24, 2.45) is 10.9 Å². The summed E-state index contributed by atoms with van der Waals surface area (Å²) in [5, 5.41) is 5.43. The molecule has 0 spiro atoms. The Morgan fingerprint density at radius 3 is 2.65 bits per heavy atom. The Morgan fingerprint density at radius 2 is 2.00 bits per heavy atom. The third-order valence-electron chi connectivity index (χ3n) is 4.94. The van der Waals surface area contributed by atoms with Gasteiger partial charge in [0.25, 0.3) is 0 Å². The van der Waals surface area contributed by atoms with Crippen LogP contribution in [0.2, 0.25) is 0 Å². The van der Waals surface area contributed by atoms with Gasteiger partial charge in [-0.25, -0.2) is 0 Å². The highest BCUT2D eigenvalue weighted by Gasteiger charge is 2.26. The first-order valence-electron chi connectivity index (χ1n) is 8.39. The topological polar surface area (TPSA) is 27.6 Å². The highest BCUT2D eigenvalue weighted by molar-refractivity contribution is 8.14. The fourth-order valence-electron chi connectivity index (χ4n) is 3.41. The lowest BCUT2D eigenvalue weighted by molar-refractivity contribution is 0.249. The van der Waals surface area contributed by atoms with Crippen LogP contribution in [0.1, 0.15) is 52.4 Å². The molecule has 0 aromatic heterocycles. The summed E-state index contributed by atoms with van der Waals surface area (Å²) in [5.74, 6) is 0.823. The maximum Gasteiger partial charge on any atom is 0.156 e. The molecule has 1 fully saturated rings. The minimum atomic E-state index is 0.708. The van der Waals surface area contributed by atoms with Crippen molar-refractivity contribution in [3.8, 4) is 0 Å². The van der Waals surface area contributed by atoms with E-state index in [1.807, 2.05) is 11.8 Å². The normalized spacial score (nSPS) is 23.9. The van der Waals surface area contributed by atoms with Gasteiger partial charge in [-0.05, 0) is 25.8 Å². The highest BCUT2D eigenvalue weighted by atomic mass is 32.2. The summed E-state index contributed by atoms with van der Waals surface area (Å²) >= 11 is 1.97. The third-order valence-corrected chi connectivity index (χ3v) is 6.27. The van der Waals surface area contributed by atoms with Crippen LogP contribution in [0.4, 0.5) is 0 Å². The van der Waals surface area contributed by atoms with Crippen LogP contribution >= 0.6 is 11.8 Å². The Bertz CT molecular complexity index is 309. The second-order valence-corrected chi connectivity index (χ2v) is 7.45. The molecule has 0 bridgehead atoms. The number of nitrogens with one attached hydrogen (secondary N) is 1. The van der Waals surface area contributed by atoms with Crippen LogP contribution in [0.3, 0.4) is 0 Å². The first-order chi connectivity index (χ1) is 9.74. The van der Waals surface area contributed by atoms with Crippen LogP contribution < -0.4 is 5.32 Å². The molecule has 0 aromatic carbocycles. The molecule has 1 saturated carbocycles. The predicted molar refractivity (Wildman–Crippen MR) is 90.6 cm³/mol. The smallest absolute Gasteiger partial charge is 0.156 e. The third kappa shape index (κ3) is 4.39. The van der Waals surface area contributed by atoms with Gasteiger partial charge in [-0.1, -0.05) is 51.3 Å². The van der Waals surface area contributed by atoms with Crippen molar-refractivity contribution in [3.05, 3.63) is 0 Å². The number of thioether (sulfide) groups is 1. The molecule has 0 amide bonds. The molecule has 2 aliphatic rings. The largest absolute Gasteiger partial charge is 0.364 e. The van der Waals surface area contributed by atoms with Crippen molar-refractivity contribution < 1.29 is 0 Å². The molecule has 4 heteroatoms. The lowest BCUT2D eigenvalue weighted by Gasteiger charge is -2.24. The molecule has 1 atom stereocenters. The zero-order valence-corrected chi connectivity index (χ0v) is 14.2. The Labute approximate surface area is 129 Å². The van der Waals surface area contributed by atoms with Crippen LogP contribution in [-0.2, 0) is 0 Å². The number of likely N-dealkylation sites (N-methyl/N-ethyl adjacent to an activating group) is 1. The van der Waals surface area contributed by atoms with E-state index in [4.69, 9.17) is 0 Å². The SMILES string of the molecule is CCC(CC)C1CN=C(NCCN(C)C2CCCC2)S1. The van der Waals surface area contributed by atoms with E-state index >= 15 is 0 Å². The minimum Gasteiger partial charge on any atom is -0.364 e. The summed E-state index contributed by atoms with van der Waals surface area (Å²) in [6.07, 6.45) is 8.18. The van der Waals surface area contributed by atoms with Crippen LogP contribution in [0.25, 0.3) is 0 Å². The summed E-state index contributed by atoms with van der Waals surface area (Å²) in [4.78, 5) is 7.20. The maximum atomic E-state index is 4.68. The van der Waals surface area contributed by atoms with Crippen LogP contribution in [-0.4, -0.2) is 48.0 Å². The molecule has 1 aliphatic heterocycles. The standard InChI is InChI=1S/C16H31N3S/c1-4-13(5-2)15-12-18-16(20-15)17-10-11-19(3)14-8-6-7-9-14/h13-15H,4-12H2,1-3H3,(H,17,18). The van der Waals surface area contributed by atoms with E-state index in [9.17, 15) is 0 Å². The molecule has 0 saturated heterocycles. The molecule has 1 N–H and O–H groups in total. The molecular formula is C16H31N3S. The molecule has 1 heterocycles. The van der Waals surface area contributed by atoms with E-state index in [1.165, 1.54) is 43.7 Å². The van der Waals surface area contributed by atoms with Gasteiger partial charge < -0.3 is 10.2 Å². The van der Waals surface area contributed by atoms with Crippen molar-refractivity contribution in [1.29, 1.82) is 0 Å². The van der Waals surface area contributed by atoms with Crippen molar-refractivity contribution in [2.75, 3.05) is 26.7 Å². The van der Waals surface area contributed by atoms with Crippen LogP contribution in [0.5, 0.6) is 0 Å². The number of hydrogen-bond acceptors (Lipinski definition) is 4. The lowest BCUT2D eigenvalue weighted by atomic mass is 9.99. The first kappa shape index (κ1) is 16.2. The van der Waals surface area contributed by atoms with E-state index < -0.39 is 0 Å². The molecule has 2 rings (SSSR count). The average molecular weight is 298 g/mol. The monoisotopic (exact) mass is 297 g/mol. The van der Waals surface area contributed by atoms with Gasteiger partial charge in [0.15, 0.2) is 5.17 Å². The molecule has 1 aliphatic carbocycles. The fraction of sp³-hybridized carbons (Fsp3) is 0.938. The van der Waals surface area contributed by atoms with E-state index in [0.717, 1.165) is 31.6 Å². The summed E-state index contributed by atoms with van der Waals surface area (Å²) in [6, 6.07) is 0.826. The van der Waals surface area contributed by atoms with Crippen LogP contribution in [0.15, 0.2) is 4.99 Å². The maximum absolute atomic E-state index is 4.68. The Kier molecular flexibility index (Phi) is 6.69. The second kappa shape index (κ2) is 8.28. The van der Waals surface area contributed by atoms with E-state index in [1.54, 1.807) is 0 Å². The molecule has 3 nitrogen and oxygen atoms in total. The molecule has 116 valence electrons. The number of amidine groups is 1. The number of nitrogens with zero attached hydrogens (tertiary/aromatic N) is 2.